The SMILES string of the molecule is CCCCC1[C-]=CC(C(C)(C)C)=C1.CCCCC1[C-]=CC(C(C)(C)C)=C1.Cl.Cl.[CH3-].[CH3-].[SiH2]=[Zr]. The van der Waals surface area contributed by atoms with Gasteiger partial charge in [-0.05, 0) is 0 Å². The summed E-state index contributed by atoms with van der Waals surface area (Å²) in [5.41, 5.74) is 3.50. The summed E-state index contributed by atoms with van der Waals surface area (Å²) in [5, 5.41) is 0. The van der Waals surface area contributed by atoms with Crippen molar-refractivity contribution in [1.82, 2.24) is 0 Å². The second-order valence-corrected chi connectivity index (χ2v) is 9.86. The Hall–Kier alpha value is 0.640. The molecular formula is C28H52Cl2SiZr-4. The average molecular weight is 579 g/mol. The molecule has 4 heteroatoms. The van der Waals surface area contributed by atoms with Crippen molar-refractivity contribution in [3.8, 4) is 0 Å². The fourth-order valence-electron chi connectivity index (χ4n) is 3.13. The maximum atomic E-state index is 3.43. The molecule has 190 valence electrons. The fraction of sp³-hybridized carbons (Fsp3) is 0.643. The van der Waals surface area contributed by atoms with Gasteiger partial charge in [0.2, 0.25) is 0 Å². The van der Waals surface area contributed by atoms with Crippen molar-refractivity contribution in [3.05, 3.63) is 62.5 Å². The molecule has 32 heavy (non-hydrogen) atoms. The van der Waals surface area contributed by atoms with Crippen LogP contribution in [0.4, 0.5) is 0 Å². The van der Waals surface area contributed by atoms with Gasteiger partial charge in [-0.25, -0.2) is 12.2 Å². The average Bonchev–Trinajstić information content (AvgIpc) is 3.29. The van der Waals surface area contributed by atoms with Crippen LogP contribution in [0.1, 0.15) is 93.9 Å². The fourth-order valence-corrected chi connectivity index (χ4v) is 3.13. The predicted molar refractivity (Wildman–Crippen MR) is 153 cm³/mol. The van der Waals surface area contributed by atoms with Crippen molar-refractivity contribution < 1.29 is 23.3 Å². The second-order valence-electron chi connectivity index (χ2n) is 9.86. The molecule has 2 unspecified atom stereocenters. The van der Waals surface area contributed by atoms with Gasteiger partial charge in [-0.2, -0.15) is 23.3 Å². The Morgan fingerprint density at radius 3 is 1.19 bits per heavy atom. The molecule has 0 aliphatic heterocycles. The van der Waals surface area contributed by atoms with Gasteiger partial charge < -0.3 is 14.9 Å². The van der Waals surface area contributed by atoms with Crippen molar-refractivity contribution >= 4 is 31.7 Å². The molecule has 0 heterocycles. The van der Waals surface area contributed by atoms with Crippen molar-refractivity contribution in [2.45, 2.75) is 93.9 Å². The standard InChI is InChI=1S/2C13H21.2CH3.2ClH.H2Si.Zr/c2*1-5-6-7-11-8-9-12(10-11)13(2,3)4;;;;;;/h2*9-11H,5-7H2,1-4H3;2*1H3;2*1H;1H2;/q4*-1;;;;. The minimum absolute atomic E-state index is 0. The van der Waals surface area contributed by atoms with E-state index in [0.29, 0.717) is 22.7 Å². The number of unbranched alkanes of at least 4 members (excludes halogenated alkanes) is 2. The van der Waals surface area contributed by atoms with Crippen LogP contribution in [-0.2, 0) is 23.3 Å². The van der Waals surface area contributed by atoms with Crippen LogP contribution >= 0.6 is 24.8 Å². The molecule has 0 aromatic rings. The number of hydrogen-bond donors (Lipinski definition) is 0. The third-order valence-electron chi connectivity index (χ3n) is 5.14. The molecule has 2 aliphatic carbocycles. The number of hydrogen-bond acceptors (Lipinski definition) is 0. The molecule has 0 nitrogen and oxygen atoms in total. The third kappa shape index (κ3) is 18.0. The molecule has 0 radical (unpaired) electrons. The zero-order chi connectivity index (χ0) is 21.8. The molecule has 0 fully saturated rings. The van der Waals surface area contributed by atoms with Crippen LogP contribution in [0.15, 0.2) is 35.5 Å². The molecule has 0 saturated heterocycles. The van der Waals surface area contributed by atoms with Gasteiger partial charge in [-0.15, -0.1) is 24.8 Å². The van der Waals surface area contributed by atoms with Crippen molar-refractivity contribution in [1.29, 1.82) is 0 Å². The number of allylic oxidation sites excluding steroid dienone is 8. The van der Waals surface area contributed by atoms with Gasteiger partial charge in [0.25, 0.3) is 0 Å². The summed E-state index contributed by atoms with van der Waals surface area (Å²) in [4.78, 5) is 0. The predicted octanol–water partition coefficient (Wildman–Crippen LogP) is 9.10. The first-order valence-electron chi connectivity index (χ1n) is 11.1. The molecule has 2 atom stereocenters. The summed E-state index contributed by atoms with van der Waals surface area (Å²) < 4.78 is 0. The Balaban J connectivity index is -0.000000126. The molecule has 0 amide bonds. The Morgan fingerprint density at radius 1 is 0.719 bits per heavy atom. The first-order valence-corrected chi connectivity index (χ1v) is 17.0. The van der Waals surface area contributed by atoms with Crippen LogP contribution < -0.4 is 0 Å². The molecule has 0 spiro atoms. The number of rotatable bonds is 6. The van der Waals surface area contributed by atoms with Gasteiger partial charge in [0.1, 0.15) is 0 Å². The third-order valence-corrected chi connectivity index (χ3v) is 5.14. The molecule has 2 aliphatic rings. The second kappa shape index (κ2) is 22.1. The van der Waals surface area contributed by atoms with Crippen LogP contribution in [-0.4, -0.2) is 6.88 Å². The molecule has 0 N–H and O–H groups in total. The summed E-state index contributed by atoms with van der Waals surface area (Å²) in [6.45, 7) is 20.0. The normalized spacial score (nSPS) is 18.1. The van der Waals surface area contributed by atoms with Crippen molar-refractivity contribution in [3.63, 3.8) is 0 Å². The summed E-state index contributed by atoms with van der Waals surface area (Å²) in [5.74, 6) is 1.18. The van der Waals surface area contributed by atoms with E-state index in [4.69, 9.17) is 0 Å². The van der Waals surface area contributed by atoms with E-state index in [1.54, 1.807) is 23.3 Å². The minimum atomic E-state index is 0. The topological polar surface area (TPSA) is 0 Å². The van der Waals surface area contributed by atoms with E-state index >= 15 is 0 Å². The van der Waals surface area contributed by atoms with Gasteiger partial charge in [-0.1, -0.05) is 117 Å². The van der Waals surface area contributed by atoms with E-state index < -0.39 is 0 Å². The molecular weight excluding hydrogens is 527 g/mol. The Bertz CT molecular complexity index is 513. The molecule has 0 aromatic carbocycles. The van der Waals surface area contributed by atoms with Gasteiger partial charge in [0, 0.05) is 0 Å². The monoisotopic (exact) mass is 576 g/mol. The molecule has 0 bridgehead atoms. The van der Waals surface area contributed by atoms with E-state index in [-0.39, 0.29) is 39.7 Å². The van der Waals surface area contributed by atoms with Crippen molar-refractivity contribution in [2.75, 3.05) is 0 Å². The summed E-state index contributed by atoms with van der Waals surface area (Å²) >= 11 is 1.58. The van der Waals surface area contributed by atoms with E-state index in [2.05, 4.69) is 91.8 Å². The Morgan fingerprint density at radius 2 is 1.00 bits per heavy atom. The summed E-state index contributed by atoms with van der Waals surface area (Å²) in [6, 6.07) is 0. The van der Waals surface area contributed by atoms with Crippen LogP contribution in [0.3, 0.4) is 0 Å². The van der Waals surface area contributed by atoms with Gasteiger partial charge in [0.15, 0.2) is 0 Å². The van der Waals surface area contributed by atoms with E-state index in [1.165, 1.54) is 49.7 Å². The summed E-state index contributed by atoms with van der Waals surface area (Å²) in [6.07, 6.45) is 23.7. The van der Waals surface area contributed by atoms with Crippen LogP contribution in [0, 0.1) is 49.7 Å². The van der Waals surface area contributed by atoms with E-state index in [1.807, 2.05) is 6.88 Å². The van der Waals surface area contributed by atoms with Gasteiger partial charge in [-0.3, -0.25) is 12.2 Å². The zero-order valence-corrected chi connectivity index (χ0v) is 28.2. The van der Waals surface area contributed by atoms with E-state index in [9.17, 15) is 0 Å². The molecule has 0 aromatic heterocycles. The summed E-state index contributed by atoms with van der Waals surface area (Å²) in [7, 11) is 0. The van der Waals surface area contributed by atoms with Gasteiger partial charge >= 0.3 is 30.2 Å². The molecule has 0 saturated carbocycles. The van der Waals surface area contributed by atoms with E-state index in [0.717, 1.165) is 0 Å². The van der Waals surface area contributed by atoms with Crippen LogP contribution in [0.25, 0.3) is 0 Å². The quantitative estimate of drug-likeness (QED) is 0.218. The maximum absolute atomic E-state index is 3.43. The first kappa shape index (κ1) is 42.8. The van der Waals surface area contributed by atoms with Crippen LogP contribution in [0.5, 0.6) is 0 Å². The molecule has 2 rings (SSSR count). The Labute approximate surface area is 232 Å². The van der Waals surface area contributed by atoms with Crippen LogP contribution in [0.2, 0.25) is 0 Å². The first-order chi connectivity index (χ1) is 13.1. The van der Waals surface area contributed by atoms with Crippen molar-refractivity contribution in [2.24, 2.45) is 22.7 Å². The zero-order valence-electron chi connectivity index (χ0n) is 22.7. The van der Waals surface area contributed by atoms with Gasteiger partial charge in [0.05, 0.1) is 0 Å². The number of halogens is 2. The Kier molecular flexibility index (Phi) is 29.6.